The topological polar surface area (TPSA) is 104 Å². The van der Waals surface area contributed by atoms with Gasteiger partial charge in [-0.3, -0.25) is 9.10 Å². The summed E-state index contributed by atoms with van der Waals surface area (Å²) in [6, 6.07) is 8.94. The summed E-state index contributed by atoms with van der Waals surface area (Å²) in [6.45, 7) is 4.47. The number of carbonyl (C=O) groups is 1. The first-order valence-electron chi connectivity index (χ1n) is 9.70. The van der Waals surface area contributed by atoms with E-state index in [9.17, 15) is 21.6 Å². The molecule has 0 unspecified atom stereocenters. The van der Waals surface area contributed by atoms with Gasteiger partial charge in [0.15, 0.2) is 0 Å². The van der Waals surface area contributed by atoms with E-state index in [4.69, 9.17) is 11.6 Å². The van der Waals surface area contributed by atoms with Crippen LogP contribution >= 0.6 is 11.6 Å². The second kappa shape index (κ2) is 8.78. The normalized spacial score (nSPS) is 14.0. The third-order valence-corrected chi connectivity index (χ3v) is 8.68. The molecule has 1 heterocycles. The second-order valence-electron chi connectivity index (χ2n) is 7.11. The average Bonchev–Trinajstić information content (AvgIpc) is 3.14. The van der Waals surface area contributed by atoms with Gasteiger partial charge in [0, 0.05) is 25.2 Å². The molecule has 0 saturated carbocycles. The number of fused-ring (bicyclic) bond motifs is 1. The first-order valence-corrected chi connectivity index (χ1v) is 13.4. The molecule has 0 bridgehead atoms. The molecule has 0 aliphatic carbocycles. The predicted octanol–water partition coefficient (Wildman–Crippen LogP) is 2.94. The van der Waals surface area contributed by atoms with Crippen molar-refractivity contribution in [3.63, 3.8) is 0 Å². The van der Waals surface area contributed by atoms with Crippen LogP contribution in [-0.2, 0) is 26.5 Å². The second-order valence-corrected chi connectivity index (χ2v) is 11.4. The van der Waals surface area contributed by atoms with Crippen molar-refractivity contribution in [1.82, 2.24) is 4.31 Å². The lowest BCUT2D eigenvalue weighted by molar-refractivity contribution is 0.102. The Morgan fingerprint density at radius 3 is 2.39 bits per heavy atom. The lowest BCUT2D eigenvalue weighted by Crippen LogP contribution is -2.30. The molecule has 0 radical (unpaired) electrons. The number of carbonyl (C=O) groups excluding carboxylic acids is 1. The summed E-state index contributed by atoms with van der Waals surface area (Å²) >= 11 is 6.19. The van der Waals surface area contributed by atoms with Gasteiger partial charge in [0.25, 0.3) is 5.91 Å². The van der Waals surface area contributed by atoms with Crippen LogP contribution in [-0.4, -0.2) is 52.9 Å². The molecule has 168 valence electrons. The Balaban J connectivity index is 1.88. The lowest BCUT2D eigenvalue weighted by Gasteiger charge is -2.19. The molecule has 11 heteroatoms. The molecule has 31 heavy (non-hydrogen) atoms. The number of sulfonamides is 2. The fraction of sp³-hybridized carbons (Fsp3) is 0.350. The van der Waals surface area contributed by atoms with Gasteiger partial charge in [-0.05, 0) is 48.4 Å². The van der Waals surface area contributed by atoms with Crippen LogP contribution in [0.1, 0.15) is 29.8 Å². The van der Waals surface area contributed by atoms with Crippen molar-refractivity contribution in [2.75, 3.05) is 35.5 Å². The lowest BCUT2D eigenvalue weighted by atomic mass is 10.1. The Bertz CT molecular complexity index is 1230. The molecule has 1 aliphatic heterocycles. The minimum Gasteiger partial charge on any atom is -0.321 e. The monoisotopic (exact) mass is 485 g/mol. The Kier molecular flexibility index (Phi) is 6.66. The zero-order chi connectivity index (χ0) is 23.0. The van der Waals surface area contributed by atoms with Crippen molar-refractivity contribution in [2.24, 2.45) is 0 Å². The van der Waals surface area contributed by atoms with Gasteiger partial charge in [0.2, 0.25) is 20.0 Å². The van der Waals surface area contributed by atoms with Crippen LogP contribution in [0.5, 0.6) is 0 Å². The van der Waals surface area contributed by atoms with E-state index in [0.29, 0.717) is 37.3 Å². The van der Waals surface area contributed by atoms with Gasteiger partial charge in [0.05, 0.1) is 27.5 Å². The molecule has 2 aromatic rings. The van der Waals surface area contributed by atoms with Crippen molar-refractivity contribution >= 4 is 48.9 Å². The maximum absolute atomic E-state index is 12.8. The molecule has 0 atom stereocenters. The number of benzene rings is 2. The molecule has 8 nitrogen and oxygen atoms in total. The van der Waals surface area contributed by atoms with Crippen molar-refractivity contribution < 1.29 is 21.6 Å². The maximum Gasteiger partial charge on any atom is 0.255 e. The summed E-state index contributed by atoms with van der Waals surface area (Å²) in [5.41, 5.74) is 1.81. The van der Waals surface area contributed by atoms with E-state index < -0.39 is 26.0 Å². The smallest absolute Gasteiger partial charge is 0.255 e. The van der Waals surface area contributed by atoms with Crippen molar-refractivity contribution in [3.05, 3.63) is 52.5 Å². The summed E-state index contributed by atoms with van der Waals surface area (Å²) in [5, 5.41) is 2.87. The molecule has 3 rings (SSSR count). The van der Waals surface area contributed by atoms with E-state index in [0.717, 1.165) is 11.8 Å². The van der Waals surface area contributed by atoms with E-state index in [1.807, 2.05) is 0 Å². The van der Waals surface area contributed by atoms with E-state index in [2.05, 4.69) is 5.32 Å². The van der Waals surface area contributed by atoms with Gasteiger partial charge in [-0.25, -0.2) is 16.8 Å². The van der Waals surface area contributed by atoms with Crippen LogP contribution in [0, 0.1) is 0 Å². The molecule has 0 aromatic heterocycles. The number of rotatable bonds is 7. The van der Waals surface area contributed by atoms with Gasteiger partial charge in [-0.1, -0.05) is 25.4 Å². The van der Waals surface area contributed by atoms with Gasteiger partial charge >= 0.3 is 0 Å². The van der Waals surface area contributed by atoms with Gasteiger partial charge < -0.3 is 5.32 Å². The highest BCUT2D eigenvalue weighted by Crippen LogP contribution is 2.32. The molecular formula is C20H24ClN3O5S2. The third-order valence-electron chi connectivity index (χ3n) is 5.12. The quantitative estimate of drug-likeness (QED) is 0.649. The van der Waals surface area contributed by atoms with Crippen LogP contribution in [0.2, 0.25) is 5.02 Å². The molecule has 0 spiro atoms. The summed E-state index contributed by atoms with van der Waals surface area (Å²) < 4.78 is 51.9. The average molecular weight is 486 g/mol. The Hall–Kier alpha value is -2.14. The van der Waals surface area contributed by atoms with Crippen molar-refractivity contribution in [3.8, 4) is 0 Å². The molecule has 1 N–H and O–H groups in total. The molecular weight excluding hydrogens is 462 g/mol. The summed E-state index contributed by atoms with van der Waals surface area (Å²) in [5.74, 6) is -0.472. The minimum absolute atomic E-state index is 0.0358. The number of anilines is 2. The highest BCUT2D eigenvalue weighted by Gasteiger charge is 2.27. The van der Waals surface area contributed by atoms with Gasteiger partial charge in [-0.15, -0.1) is 0 Å². The van der Waals surface area contributed by atoms with Crippen LogP contribution < -0.4 is 9.62 Å². The maximum atomic E-state index is 12.8. The molecule has 1 amide bonds. The van der Waals surface area contributed by atoms with Crippen molar-refractivity contribution in [1.29, 1.82) is 0 Å². The number of amides is 1. The van der Waals surface area contributed by atoms with E-state index >= 15 is 0 Å². The highest BCUT2D eigenvalue weighted by atomic mass is 35.5. The molecule has 1 aliphatic rings. The standard InChI is InChI=1S/C20H24ClN3O5S2/c1-4-23(5-2)31(28,29)16-7-8-17(21)18(13-16)22-20(25)15-6-9-19-14(12-15)10-11-24(19)30(3,26)27/h6-9,12-13H,4-5,10-11H2,1-3H3,(H,22,25). The Morgan fingerprint density at radius 1 is 1.10 bits per heavy atom. The molecule has 2 aromatic carbocycles. The number of hydrogen-bond donors (Lipinski definition) is 1. The predicted molar refractivity (Wildman–Crippen MR) is 122 cm³/mol. The van der Waals surface area contributed by atoms with E-state index in [-0.39, 0.29) is 15.6 Å². The number of nitrogens with zero attached hydrogens (tertiary/aromatic N) is 2. The van der Waals surface area contributed by atoms with Crippen LogP contribution in [0.3, 0.4) is 0 Å². The number of halogens is 1. The van der Waals surface area contributed by atoms with Gasteiger partial charge in [-0.2, -0.15) is 4.31 Å². The number of hydrogen-bond acceptors (Lipinski definition) is 5. The fourth-order valence-electron chi connectivity index (χ4n) is 3.52. The highest BCUT2D eigenvalue weighted by molar-refractivity contribution is 7.92. The number of nitrogens with one attached hydrogen (secondary N) is 1. The van der Waals surface area contributed by atoms with Crippen LogP contribution in [0.25, 0.3) is 0 Å². The van der Waals surface area contributed by atoms with Crippen LogP contribution in [0.4, 0.5) is 11.4 Å². The Morgan fingerprint density at radius 2 is 1.77 bits per heavy atom. The van der Waals surface area contributed by atoms with E-state index in [1.54, 1.807) is 26.0 Å². The third kappa shape index (κ3) is 4.72. The van der Waals surface area contributed by atoms with Crippen molar-refractivity contribution in [2.45, 2.75) is 25.2 Å². The molecule has 0 saturated heterocycles. The zero-order valence-corrected chi connectivity index (χ0v) is 19.8. The first kappa shape index (κ1) is 23.5. The fourth-order valence-corrected chi connectivity index (χ4v) is 6.13. The summed E-state index contributed by atoms with van der Waals surface area (Å²) in [7, 11) is -7.09. The summed E-state index contributed by atoms with van der Waals surface area (Å²) in [6.07, 6.45) is 1.64. The van der Waals surface area contributed by atoms with Crippen LogP contribution in [0.15, 0.2) is 41.3 Å². The van der Waals surface area contributed by atoms with Gasteiger partial charge in [0.1, 0.15) is 0 Å². The molecule has 0 fully saturated rings. The Labute approximate surface area is 187 Å². The van der Waals surface area contributed by atoms with E-state index in [1.165, 1.54) is 32.9 Å². The summed E-state index contributed by atoms with van der Waals surface area (Å²) in [4.78, 5) is 12.8. The largest absolute Gasteiger partial charge is 0.321 e. The minimum atomic E-state index is -3.71. The first-order chi connectivity index (χ1) is 14.5. The zero-order valence-electron chi connectivity index (χ0n) is 17.4. The SMILES string of the molecule is CCN(CC)S(=O)(=O)c1ccc(Cl)c(NC(=O)c2ccc3c(c2)CCN3S(C)(=O)=O)c1.